The molecule has 0 saturated carbocycles. The van der Waals surface area contributed by atoms with E-state index in [1.807, 2.05) is 0 Å². The lowest BCUT2D eigenvalue weighted by molar-refractivity contribution is 0.144. The summed E-state index contributed by atoms with van der Waals surface area (Å²) in [6.45, 7) is 0. The second-order valence-corrected chi connectivity index (χ2v) is 5.44. The van der Waals surface area contributed by atoms with Gasteiger partial charge in [-0.25, -0.2) is 4.39 Å². The molecule has 1 aromatic rings. The highest BCUT2D eigenvalue weighted by molar-refractivity contribution is 6.30. The van der Waals surface area contributed by atoms with E-state index in [0.29, 0.717) is 5.02 Å². The summed E-state index contributed by atoms with van der Waals surface area (Å²) in [7, 11) is 0. The Bertz CT molecular complexity index is 524. The van der Waals surface area contributed by atoms with Gasteiger partial charge < -0.3 is 15.1 Å². The molecule has 19 heavy (non-hydrogen) atoms. The molecule has 0 fully saturated rings. The Kier molecular flexibility index (Phi) is 3.25. The van der Waals surface area contributed by atoms with E-state index in [-0.39, 0.29) is 5.69 Å². The quantitative estimate of drug-likeness (QED) is 0.779. The zero-order valence-corrected chi connectivity index (χ0v) is 11.1. The minimum atomic E-state index is -0.944. The van der Waals surface area contributed by atoms with E-state index in [0.717, 1.165) is 36.8 Å². The first kappa shape index (κ1) is 12.9. The third-order valence-corrected chi connectivity index (χ3v) is 4.13. The molecule has 0 saturated heterocycles. The lowest BCUT2D eigenvalue weighted by Gasteiger charge is -2.28. The van der Waals surface area contributed by atoms with Crippen LogP contribution in [0.3, 0.4) is 0 Å². The van der Waals surface area contributed by atoms with Gasteiger partial charge in [0, 0.05) is 5.02 Å². The van der Waals surface area contributed by atoms with E-state index in [2.05, 4.69) is 0 Å². The SMILES string of the molecule is OC1C2=C(CCCC2)C(O)N1c1ccc(Cl)cc1F. The van der Waals surface area contributed by atoms with E-state index in [4.69, 9.17) is 11.6 Å². The van der Waals surface area contributed by atoms with Crippen LogP contribution in [0.2, 0.25) is 5.02 Å². The molecule has 102 valence electrons. The van der Waals surface area contributed by atoms with Gasteiger partial charge in [-0.3, -0.25) is 0 Å². The molecule has 2 unspecified atom stereocenters. The maximum absolute atomic E-state index is 14.0. The molecular weight excluding hydrogens is 269 g/mol. The number of benzene rings is 1. The van der Waals surface area contributed by atoms with E-state index >= 15 is 0 Å². The van der Waals surface area contributed by atoms with Crippen molar-refractivity contribution in [1.29, 1.82) is 0 Å². The molecule has 0 aromatic heterocycles. The lowest BCUT2D eigenvalue weighted by atomic mass is 9.93. The Morgan fingerprint density at radius 2 is 1.68 bits per heavy atom. The zero-order chi connectivity index (χ0) is 13.6. The number of halogens is 2. The highest BCUT2D eigenvalue weighted by Gasteiger charge is 2.40. The number of aliphatic hydroxyl groups is 2. The summed E-state index contributed by atoms with van der Waals surface area (Å²) in [5.41, 5.74) is 1.86. The van der Waals surface area contributed by atoms with Crippen LogP contribution in [0.15, 0.2) is 29.3 Å². The maximum Gasteiger partial charge on any atom is 0.151 e. The topological polar surface area (TPSA) is 43.7 Å². The van der Waals surface area contributed by atoms with Gasteiger partial charge in [-0.05, 0) is 55.0 Å². The number of anilines is 1. The molecular formula is C14H15ClFNO2. The molecule has 2 atom stereocenters. The average Bonchev–Trinajstić information content (AvgIpc) is 2.64. The van der Waals surface area contributed by atoms with E-state index < -0.39 is 18.3 Å². The first-order valence-electron chi connectivity index (χ1n) is 6.41. The molecule has 0 amide bonds. The van der Waals surface area contributed by atoms with Gasteiger partial charge in [-0.2, -0.15) is 0 Å². The monoisotopic (exact) mass is 283 g/mol. The van der Waals surface area contributed by atoms with Crippen LogP contribution in [-0.4, -0.2) is 22.7 Å². The lowest BCUT2D eigenvalue weighted by Crippen LogP contribution is -2.39. The summed E-state index contributed by atoms with van der Waals surface area (Å²) >= 11 is 5.72. The van der Waals surface area contributed by atoms with Crippen LogP contribution in [0.1, 0.15) is 25.7 Å². The van der Waals surface area contributed by atoms with Crippen LogP contribution < -0.4 is 4.90 Å². The Morgan fingerprint density at radius 1 is 1.11 bits per heavy atom. The Morgan fingerprint density at radius 3 is 2.21 bits per heavy atom. The van der Waals surface area contributed by atoms with Crippen molar-refractivity contribution in [3.05, 3.63) is 40.2 Å². The minimum Gasteiger partial charge on any atom is -0.369 e. The van der Waals surface area contributed by atoms with Crippen molar-refractivity contribution in [1.82, 2.24) is 0 Å². The number of aliphatic hydroxyl groups excluding tert-OH is 2. The summed E-state index contributed by atoms with van der Waals surface area (Å²) in [6.07, 6.45) is 1.64. The van der Waals surface area contributed by atoms with Crippen LogP contribution in [0.5, 0.6) is 0 Å². The van der Waals surface area contributed by atoms with Crippen molar-refractivity contribution in [2.24, 2.45) is 0 Å². The summed E-state index contributed by atoms with van der Waals surface area (Å²) in [4.78, 5) is 1.32. The summed E-state index contributed by atoms with van der Waals surface area (Å²) in [5.74, 6) is -0.537. The normalized spacial score (nSPS) is 26.8. The fourth-order valence-electron chi connectivity index (χ4n) is 2.97. The molecule has 0 radical (unpaired) electrons. The van der Waals surface area contributed by atoms with Crippen molar-refractivity contribution in [3.8, 4) is 0 Å². The van der Waals surface area contributed by atoms with Crippen molar-refractivity contribution in [2.45, 2.75) is 38.1 Å². The largest absolute Gasteiger partial charge is 0.369 e. The number of rotatable bonds is 1. The van der Waals surface area contributed by atoms with Crippen LogP contribution in [0.25, 0.3) is 0 Å². The van der Waals surface area contributed by atoms with Crippen LogP contribution in [0, 0.1) is 5.82 Å². The summed E-state index contributed by atoms with van der Waals surface area (Å²) in [6, 6.07) is 4.23. The molecule has 1 aromatic carbocycles. The van der Waals surface area contributed by atoms with Crippen LogP contribution in [-0.2, 0) is 0 Å². The van der Waals surface area contributed by atoms with Gasteiger partial charge in [-0.1, -0.05) is 11.6 Å². The van der Waals surface area contributed by atoms with Crippen molar-refractivity contribution in [2.75, 3.05) is 4.90 Å². The maximum atomic E-state index is 14.0. The number of hydrogen-bond acceptors (Lipinski definition) is 3. The van der Waals surface area contributed by atoms with Crippen molar-refractivity contribution >= 4 is 17.3 Å². The molecule has 5 heteroatoms. The van der Waals surface area contributed by atoms with Crippen molar-refractivity contribution in [3.63, 3.8) is 0 Å². The Balaban J connectivity index is 1.99. The first-order chi connectivity index (χ1) is 9.09. The van der Waals surface area contributed by atoms with Gasteiger partial charge in [0.25, 0.3) is 0 Å². The van der Waals surface area contributed by atoms with Crippen molar-refractivity contribution < 1.29 is 14.6 Å². The van der Waals surface area contributed by atoms with Gasteiger partial charge in [0.2, 0.25) is 0 Å². The highest BCUT2D eigenvalue weighted by Crippen LogP contribution is 2.41. The Labute approximate surface area is 115 Å². The van der Waals surface area contributed by atoms with Crippen LogP contribution in [0.4, 0.5) is 10.1 Å². The van der Waals surface area contributed by atoms with Crippen LogP contribution >= 0.6 is 11.6 Å². The zero-order valence-electron chi connectivity index (χ0n) is 10.3. The van der Waals surface area contributed by atoms with E-state index in [1.165, 1.54) is 17.0 Å². The fraction of sp³-hybridized carbons (Fsp3) is 0.429. The predicted octanol–water partition coefficient (Wildman–Crippen LogP) is 2.81. The second-order valence-electron chi connectivity index (χ2n) is 5.01. The highest BCUT2D eigenvalue weighted by atomic mass is 35.5. The molecule has 3 rings (SSSR count). The minimum absolute atomic E-state index is 0.179. The second kappa shape index (κ2) is 4.78. The van der Waals surface area contributed by atoms with Gasteiger partial charge in [-0.15, -0.1) is 0 Å². The average molecular weight is 284 g/mol. The van der Waals surface area contributed by atoms with Gasteiger partial charge >= 0.3 is 0 Å². The standard InChI is InChI=1S/C14H15ClFNO2/c15-8-5-6-12(11(16)7-8)17-13(18)9-3-1-2-4-10(9)14(17)19/h5-7,13-14,18-19H,1-4H2. The predicted molar refractivity (Wildman–Crippen MR) is 71.4 cm³/mol. The van der Waals surface area contributed by atoms with E-state index in [9.17, 15) is 14.6 Å². The van der Waals surface area contributed by atoms with Gasteiger partial charge in [0.05, 0.1) is 5.69 Å². The fourth-order valence-corrected chi connectivity index (χ4v) is 3.12. The molecule has 0 bridgehead atoms. The van der Waals surface area contributed by atoms with E-state index in [1.54, 1.807) is 6.07 Å². The molecule has 1 aliphatic carbocycles. The van der Waals surface area contributed by atoms with Gasteiger partial charge in [0.15, 0.2) is 12.5 Å². The molecule has 1 heterocycles. The number of hydrogen-bond donors (Lipinski definition) is 2. The third kappa shape index (κ3) is 2.04. The first-order valence-corrected chi connectivity index (χ1v) is 6.78. The van der Waals surface area contributed by atoms with Gasteiger partial charge in [0.1, 0.15) is 5.82 Å². The molecule has 3 nitrogen and oxygen atoms in total. The smallest absolute Gasteiger partial charge is 0.151 e. The summed E-state index contributed by atoms with van der Waals surface area (Å²) < 4.78 is 14.0. The molecule has 2 aliphatic rings. The number of nitrogens with zero attached hydrogens (tertiary/aromatic N) is 1. The Hall–Kier alpha value is -1.10. The molecule has 2 N–H and O–H groups in total. The molecule has 0 spiro atoms. The third-order valence-electron chi connectivity index (χ3n) is 3.89. The summed E-state index contributed by atoms with van der Waals surface area (Å²) in [5, 5.41) is 20.9. The molecule has 1 aliphatic heterocycles.